The third-order valence-electron chi connectivity index (χ3n) is 2.32. The predicted molar refractivity (Wildman–Crippen MR) is 62.6 cm³/mol. The van der Waals surface area contributed by atoms with Gasteiger partial charge < -0.3 is 18.8 Å². The maximum absolute atomic E-state index is 12.3. The molecule has 0 bridgehead atoms. The van der Waals surface area contributed by atoms with E-state index in [1.807, 2.05) is 0 Å². The van der Waals surface area contributed by atoms with E-state index in [9.17, 15) is 9.46 Å². The Kier molecular flexibility index (Phi) is 3.43. The Hall–Kier alpha value is -1.42. The van der Waals surface area contributed by atoms with E-state index in [4.69, 9.17) is 4.74 Å². The Balaban J connectivity index is 2.45. The zero-order chi connectivity index (χ0) is 12.3. The summed E-state index contributed by atoms with van der Waals surface area (Å²) in [5, 5.41) is 0.253. The third-order valence-corrected chi connectivity index (χ3v) is 4.20. The van der Waals surface area contributed by atoms with E-state index >= 15 is 0 Å². The average Bonchev–Trinajstić information content (AvgIpc) is 2.80. The fraction of sp³-hybridized carbons (Fsp3) is 0.182. The lowest BCUT2D eigenvalue weighted by atomic mass is 10.4. The zero-order valence-electron chi connectivity index (χ0n) is 9.31. The molecule has 90 valence electrons. The van der Waals surface area contributed by atoms with Crippen molar-refractivity contribution in [1.29, 1.82) is 0 Å². The van der Waals surface area contributed by atoms with Gasteiger partial charge in [0.2, 0.25) is 0 Å². The van der Waals surface area contributed by atoms with Crippen LogP contribution in [0.3, 0.4) is 0 Å². The molecule has 0 radical (unpaired) electrons. The van der Waals surface area contributed by atoms with E-state index < -0.39 is 7.37 Å². The van der Waals surface area contributed by atoms with Crippen molar-refractivity contribution in [3.63, 3.8) is 0 Å². The minimum Gasteiger partial charge on any atom is -0.790 e. The molecule has 6 heteroatoms. The maximum atomic E-state index is 12.3. The summed E-state index contributed by atoms with van der Waals surface area (Å²) in [6.07, 6.45) is 3.02. The molecule has 5 nitrogen and oxygen atoms in total. The molecule has 0 aliphatic carbocycles. The number of methoxy groups -OCH3 is 1. The number of rotatable bonds is 4. The maximum Gasteiger partial charge on any atom is 0.161 e. The number of imidazole rings is 1. The second-order valence-electron chi connectivity index (χ2n) is 3.50. The SMILES string of the molecule is COCn1ccnc1P(=O)([O-])c1ccccc1. The summed E-state index contributed by atoms with van der Waals surface area (Å²) in [4.78, 5) is 16.2. The lowest BCUT2D eigenvalue weighted by Gasteiger charge is -2.23. The molecular weight excluding hydrogens is 239 g/mol. The van der Waals surface area contributed by atoms with Gasteiger partial charge in [-0.3, -0.25) is 0 Å². The molecule has 0 saturated carbocycles. The standard InChI is InChI=1S/C11H13N2O3P/c1-16-9-13-8-7-12-11(13)17(14,15)10-5-3-2-4-6-10/h2-8H,9H2,1H3,(H,14,15)/p-1. The molecular formula is C11H12N2O3P-. The number of hydrogen-bond donors (Lipinski definition) is 0. The minimum atomic E-state index is -3.89. The van der Waals surface area contributed by atoms with Crippen molar-refractivity contribution in [3.8, 4) is 0 Å². The lowest BCUT2D eigenvalue weighted by molar-refractivity contribution is -0.168. The molecule has 0 fully saturated rings. The predicted octanol–water partition coefficient (Wildman–Crippen LogP) is 0.0762. The zero-order valence-corrected chi connectivity index (χ0v) is 10.2. The molecule has 1 unspecified atom stereocenters. The summed E-state index contributed by atoms with van der Waals surface area (Å²) in [5.41, 5.74) is 0.0190. The summed E-state index contributed by atoms with van der Waals surface area (Å²) in [7, 11) is -2.39. The summed E-state index contributed by atoms with van der Waals surface area (Å²) < 4.78 is 18.7. The normalized spacial score (nSPS) is 14.5. The van der Waals surface area contributed by atoms with Gasteiger partial charge in [0, 0.05) is 24.8 Å². The van der Waals surface area contributed by atoms with E-state index in [1.165, 1.54) is 17.9 Å². The van der Waals surface area contributed by atoms with Crippen LogP contribution in [0.1, 0.15) is 0 Å². The van der Waals surface area contributed by atoms with Crippen molar-refractivity contribution in [2.75, 3.05) is 7.11 Å². The van der Waals surface area contributed by atoms with Gasteiger partial charge in [0.25, 0.3) is 0 Å². The highest BCUT2D eigenvalue weighted by Gasteiger charge is 2.19. The fourth-order valence-electron chi connectivity index (χ4n) is 1.55. The Morgan fingerprint density at radius 3 is 2.76 bits per heavy atom. The van der Waals surface area contributed by atoms with Crippen LogP contribution in [0.4, 0.5) is 0 Å². The van der Waals surface area contributed by atoms with Crippen LogP contribution in [-0.2, 0) is 16.0 Å². The highest BCUT2D eigenvalue weighted by molar-refractivity contribution is 7.71. The van der Waals surface area contributed by atoms with Crippen molar-refractivity contribution in [3.05, 3.63) is 42.7 Å². The number of ether oxygens (including phenoxy) is 1. The molecule has 0 aliphatic rings. The van der Waals surface area contributed by atoms with Gasteiger partial charge in [0.15, 0.2) is 5.57 Å². The molecule has 1 heterocycles. The first-order valence-corrected chi connectivity index (χ1v) is 6.66. The first-order chi connectivity index (χ1) is 8.16. The van der Waals surface area contributed by atoms with Crippen LogP contribution in [0.2, 0.25) is 0 Å². The van der Waals surface area contributed by atoms with E-state index in [0.717, 1.165) is 0 Å². The Labute approximate surface area is 99.1 Å². The number of hydrogen-bond acceptors (Lipinski definition) is 4. The van der Waals surface area contributed by atoms with Gasteiger partial charge in [0.1, 0.15) is 14.1 Å². The van der Waals surface area contributed by atoms with Crippen molar-refractivity contribution in [2.45, 2.75) is 6.73 Å². The summed E-state index contributed by atoms with van der Waals surface area (Å²) in [5.74, 6) is 0. The molecule has 0 saturated heterocycles. The third kappa shape index (κ3) is 2.31. The summed E-state index contributed by atoms with van der Waals surface area (Å²) in [6, 6.07) is 8.25. The second kappa shape index (κ2) is 4.84. The van der Waals surface area contributed by atoms with Crippen LogP contribution in [0.5, 0.6) is 0 Å². The Morgan fingerprint density at radius 1 is 1.41 bits per heavy atom. The van der Waals surface area contributed by atoms with Gasteiger partial charge in [-0.25, -0.2) is 4.98 Å². The lowest BCUT2D eigenvalue weighted by Crippen LogP contribution is -2.32. The molecule has 0 amide bonds. The molecule has 2 aromatic rings. The molecule has 0 spiro atoms. The van der Waals surface area contributed by atoms with Crippen LogP contribution in [0.15, 0.2) is 42.7 Å². The van der Waals surface area contributed by atoms with Crippen LogP contribution in [0.25, 0.3) is 0 Å². The van der Waals surface area contributed by atoms with E-state index in [-0.39, 0.29) is 17.6 Å². The van der Waals surface area contributed by atoms with Crippen LogP contribution >= 0.6 is 7.37 Å². The minimum absolute atomic E-state index is 0.0190. The van der Waals surface area contributed by atoms with Crippen LogP contribution in [0, 0.1) is 0 Å². The molecule has 1 atom stereocenters. The molecule has 0 N–H and O–H groups in total. The van der Waals surface area contributed by atoms with Gasteiger partial charge in [-0.05, 0) is 0 Å². The smallest absolute Gasteiger partial charge is 0.161 e. The molecule has 1 aromatic heterocycles. The van der Waals surface area contributed by atoms with Gasteiger partial charge in [0.05, 0.1) is 0 Å². The molecule has 17 heavy (non-hydrogen) atoms. The number of nitrogens with zero attached hydrogens (tertiary/aromatic N) is 2. The van der Waals surface area contributed by atoms with Gasteiger partial charge >= 0.3 is 0 Å². The van der Waals surface area contributed by atoms with E-state index in [0.29, 0.717) is 0 Å². The average molecular weight is 251 g/mol. The van der Waals surface area contributed by atoms with Crippen molar-refractivity contribution in [2.24, 2.45) is 0 Å². The largest absolute Gasteiger partial charge is 0.790 e. The quantitative estimate of drug-likeness (QED) is 0.721. The molecule has 0 aliphatic heterocycles. The van der Waals surface area contributed by atoms with Crippen LogP contribution < -0.4 is 15.8 Å². The summed E-state index contributed by atoms with van der Waals surface area (Å²) >= 11 is 0. The Morgan fingerprint density at radius 2 is 2.12 bits per heavy atom. The van der Waals surface area contributed by atoms with Crippen LogP contribution in [-0.4, -0.2) is 16.7 Å². The monoisotopic (exact) mass is 251 g/mol. The Bertz CT molecular complexity index is 539. The number of aromatic nitrogens is 2. The van der Waals surface area contributed by atoms with Gasteiger partial charge in [-0.2, -0.15) is 0 Å². The highest BCUT2D eigenvalue weighted by Crippen LogP contribution is 2.31. The summed E-state index contributed by atoms with van der Waals surface area (Å²) in [6.45, 7) is 0.161. The van der Waals surface area contributed by atoms with Crippen molar-refractivity contribution >= 4 is 18.2 Å². The molecule has 1 aromatic carbocycles. The van der Waals surface area contributed by atoms with E-state index in [1.54, 1.807) is 36.5 Å². The topological polar surface area (TPSA) is 67.2 Å². The number of benzene rings is 1. The second-order valence-corrected chi connectivity index (χ2v) is 5.52. The molecule has 2 rings (SSSR count). The highest BCUT2D eigenvalue weighted by atomic mass is 31.2. The van der Waals surface area contributed by atoms with Gasteiger partial charge in [-0.1, -0.05) is 30.3 Å². The van der Waals surface area contributed by atoms with Gasteiger partial charge in [-0.15, -0.1) is 0 Å². The van der Waals surface area contributed by atoms with Crippen molar-refractivity contribution < 1.29 is 14.2 Å². The van der Waals surface area contributed by atoms with E-state index in [2.05, 4.69) is 4.98 Å². The fourth-order valence-corrected chi connectivity index (χ4v) is 3.02. The first kappa shape index (κ1) is 12.0. The first-order valence-electron chi connectivity index (χ1n) is 5.03. The van der Waals surface area contributed by atoms with Crippen molar-refractivity contribution in [1.82, 2.24) is 9.55 Å².